The molecule has 7 nitrogen and oxygen atoms in total. The molecule has 0 unspecified atom stereocenters. The van der Waals surface area contributed by atoms with Crippen molar-refractivity contribution in [2.24, 2.45) is 0 Å². The molecule has 2 aromatic heterocycles. The van der Waals surface area contributed by atoms with Crippen molar-refractivity contribution in [2.45, 2.75) is 20.8 Å². The van der Waals surface area contributed by atoms with Gasteiger partial charge in [-0.1, -0.05) is 0 Å². The summed E-state index contributed by atoms with van der Waals surface area (Å²) < 4.78 is 15.4. The number of carbonyl (C=O) groups is 2. The Bertz CT molecular complexity index is 846. The van der Waals surface area contributed by atoms with Crippen LogP contribution in [0.1, 0.15) is 34.1 Å². The monoisotopic (exact) mass is 356 g/mol. The maximum atomic E-state index is 11.7. The molecule has 0 fully saturated rings. The zero-order valence-electron chi connectivity index (χ0n) is 15.1. The SMILES string of the molecule is CCOC(=O)/C=C/c1cncc(Oc2cc(C(=O)OC)cc(C)n2)c1C. The molecule has 2 heterocycles. The summed E-state index contributed by atoms with van der Waals surface area (Å²) in [6, 6.07) is 3.11. The Morgan fingerprint density at radius 3 is 2.65 bits per heavy atom. The average molecular weight is 356 g/mol. The molecule has 0 amide bonds. The largest absolute Gasteiger partial charge is 0.465 e. The second kappa shape index (κ2) is 8.75. The highest BCUT2D eigenvalue weighted by atomic mass is 16.5. The number of ether oxygens (including phenoxy) is 3. The highest BCUT2D eigenvalue weighted by molar-refractivity contribution is 5.89. The third kappa shape index (κ3) is 4.89. The van der Waals surface area contributed by atoms with Crippen molar-refractivity contribution >= 4 is 18.0 Å². The zero-order valence-corrected chi connectivity index (χ0v) is 15.1. The topological polar surface area (TPSA) is 87.6 Å². The molecule has 2 rings (SSSR count). The van der Waals surface area contributed by atoms with Crippen LogP contribution in [0.15, 0.2) is 30.6 Å². The van der Waals surface area contributed by atoms with Gasteiger partial charge in [0, 0.05) is 29.6 Å². The van der Waals surface area contributed by atoms with Gasteiger partial charge < -0.3 is 14.2 Å². The maximum Gasteiger partial charge on any atom is 0.338 e. The summed E-state index contributed by atoms with van der Waals surface area (Å²) in [5.41, 5.74) is 2.44. The molecule has 2 aromatic rings. The van der Waals surface area contributed by atoms with Crippen LogP contribution < -0.4 is 4.74 Å². The van der Waals surface area contributed by atoms with E-state index in [9.17, 15) is 9.59 Å². The van der Waals surface area contributed by atoms with E-state index in [-0.39, 0.29) is 5.88 Å². The third-order valence-corrected chi connectivity index (χ3v) is 3.46. The summed E-state index contributed by atoms with van der Waals surface area (Å²) >= 11 is 0. The number of carbonyl (C=O) groups excluding carboxylic acids is 2. The number of esters is 2. The van der Waals surface area contributed by atoms with Gasteiger partial charge in [-0.25, -0.2) is 14.6 Å². The quantitative estimate of drug-likeness (QED) is 0.580. The number of hydrogen-bond donors (Lipinski definition) is 0. The van der Waals surface area contributed by atoms with E-state index in [0.29, 0.717) is 29.2 Å². The average Bonchev–Trinajstić information content (AvgIpc) is 2.61. The fraction of sp³-hybridized carbons (Fsp3) is 0.263. The van der Waals surface area contributed by atoms with Crippen molar-refractivity contribution in [1.82, 2.24) is 9.97 Å². The number of aromatic nitrogens is 2. The van der Waals surface area contributed by atoms with E-state index in [1.54, 1.807) is 38.4 Å². The van der Waals surface area contributed by atoms with Gasteiger partial charge in [0.1, 0.15) is 0 Å². The molecule has 0 aliphatic heterocycles. The normalized spacial score (nSPS) is 10.6. The van der Waals surface area contributed by atoms with E-state index in [4.69, 9.17) is 14.2 Å². The molecule has 0 spiro atoms. The number of hydrogen-bond acceptors (Lipinski definition) is 7. The number of aryl methyl sites for hydroxylation is 1. The van der Waals surface area contributed by atoms with Crippen LogP contribution in [0, 0.1) is 13.8 Å². The van der Waals surface area contributed by atoms with Crippen molar-refractivity contribution < 1.29 is 23.8 Å². The minimum Gasteiger partial charge on any atom is -0.465 e. The van der Waals surface area contributed by atoms with Crippen LogP contribution in [-0.2, 0) is 14.3 Å². The van der Waals surface area contributed by atoms with E-state index in [1.807, 2.05) is 6.92 Å². The highest BCUT2D eigenvalue weighted by Gasteiger charge is 2.12. The lowest BCUT2D eigenvalue weighted by Gasteiger charge is -2.11. The van der Waals surface area contributed by atoms with Gasteiger partial charge in [0.2, 0.25) is 5.88 Å². The van der Waals surface area contributed by atoms with Crippen molar-refractivity contribution in [1.29, 1.82) is 0 Å². The first-order valence-electron chi connectivity index (χ1n) is 7.99. The molecule has 0 saturated carbocycles. The lowest BCUT2D eigenvalue weighted by molar-refractivity contribution is -0.137. The van der Waals surface area contributed by atoms with Crippen LogP contribution >= 0.6 is 0 Å². The van der Waals surface area contributed by atoms with E-state index in [1.165, 1.54) is 19.3 Å². The van der Waals surface area contributed by atoms with Gasteiger partial charge in [0.05, 0.1) is 25.5 Å². The van der Waals surface area contributed by atoms with Crippen molar-refractivity contribution in [3.8, 4) is 11.6 Å². The van der Waals surface area contributed by atoms with Gasteiger partial charge in [-0.3, -0.25) is 4.98 Å². The molecule has 0 aliphatic carbocycles. The molecule has 0 N–H and O–H groups in total. The summed E-state index contributed by atoms with van der Waals surface area (Å²) in [5, 5.41) is 0. The van der Waals surface area contributed by atoms with Crippen molar-refractivity contribution in [3.05, 3.63) is 53.0 Å². The van der Waals surface area contributed by atoms with E-state index in [2.05, 4.69) is 9.97 Å². The molecule has 0 atom stereocenters. The summed E-state index contributed by atoms with van der Waals surface area (Å²) in [4.78, 5) is 31.6. The molecule has 136 valence electrons. The minimum atomic E-state index is -0.471. The smallest absolute Gasteiger partial charge is 0.338 e. The Hall–Kier alpha value is -3.22. The molecule has 26 heavy (non-hydrogen) atoms. The fourth-order valence-corrected chi connectivity index (χ4v) is 2.18. The summed E-state index contributed by atoms with van der Waals surface area (Å²) in [5.74, 6) is -0.186. The lowest BCUT2D eigenvalue weighted by atomic mass is 10.1. The first-order valence-corrected chi connectivity index (χ1v) is 7.99. The Kier molecular flexibility index (Phi) is 6.43. The molecular formula is C19H20N2O5. The predicted octanol–water partition coefficient (Wildman–Crippen LogP) is 3.25. The lowest BCUT2D eigenvalue weighted by Crippen LogP contribution is -2.04. The molecule has 0 saturated heterocycles. The summed E-state index contributed by atoms with van der Waals surface area (Å²) in [6.07, 6.45) is 6.09. The Balaban J connectivity index is 2.28. The standard InChI is InChI=1S/C19H20N2O5/c1-5-25-18(22)7-6-14-10-20-11-16(13(14)3)26-17-9-15(19(23)24-4)8-12(2)21-17/h6-11H,5H2,1-4H3/b7-6+. The van der Waals surface area contributed by atoms with Gasteiger partial charge in [0.25, 0.3) is 0 Å². The second-order valence-corrected chi connectivity index (χ2v) is 5.37. The van der Waals surface area contributed by atoms with Gasteiger partial charge in [-0.2, -0.15) is 0 Å². The van der Waals surface area contributed by atoms with Gasteiger partial charge in [0.15, 0.2) is 5.75 Å². The Morgan fingerprint density at radius 2 is 1.96 bits per heavy atom. The highest BCUT2D eigenvalue weighted by Crippen LogP contribution is 2.26. The molecule has 0 radical (unpaired) electrons. The number of nitrogens with zero attached hydrogens (tertiary/aromatic N) is 2. The third-order valence-electron chi connectivity index (χ3n) is 3.46. The number of pyridine rings is 2. The fourth-order valence-electron chi connectivity index (χ4n) is 2.18. The van der Waals surface area contributed by atoms with Gasteiger partial charge in [-0.05, 0) is 38.5 Å². The first kappa shape index (κ1) is 19.1. The molecule has 0 aromatic carbocycles. The molecular weight excluding hydrogens is 336 g/mol. The Labute approximate surface area is 151 Å². The molecule has 0 aliphatic rings. The van der Waals surface area contributed by atoms with Crippen LogP contribution in [0.25, 0.3) is 6.08 Å². The van der Waals surface area contributed by atoms with Crippen LogP contribution in [0.5, 0.6) is 11.6 Å². The first-order chi connectivity index (χ1) is 12.4. The zero-order chi connectivity index (χ0) is 19.1. The summed E-state index contributed by atoms with van der Waals surface area (Å²) in [6.45, 7) is 5.64. The Morgan fingerprint density at radius 1 is 1.19 bits per heavy atom. The summed E-state index contributed by atoms with van der Waals surface area (Å²) in [7, 11) is 1.31. The van der Waals surface area contributed by atoms with E-state index in [0.717, 1.165) is 5.56 Å². The number of methoxy groups -OCH3 is 1. The minimum absolute atomic E-state index is 0.252. The van der Waals surface area contributed by atoms with Gasteiger partial charge >= 0.3 is 11.9 Å². The molecule has 7 heteroatoms. The number of rotatable bonds is 6. The van der Waals surface area contributed by atoms with Crippen LogP contribution in [0.2, 0.25) is 0 Å². The maximum absolute atomic E-state index is 11.7. The van der Waals surface area contributed by atoms with E-state index >= 15 is 0 Å². The van der Waals surface area contributed by atoms with E-state index < -0.39 is 11.9 Å². The second-order valence-electron chi connectivity index (χ2n) is 5.37. The van der Waals surface area contributed by atoms with Crippen LogP contribution in [0.3, 0.4) is 0 Å². The molecule has 0 bridgehead atoms. The van der Waals surface area contributed by atoms with Crippen molar-refractivity contribution in [2.75, 3.05) is 13.7 Å². The van der Waals surface area contributed by atoms with Crippen molar-refractivity contribution in [3.63, 3.8) is 0 Å². The van der Waals surface area contributed by atoms with Crippen LogP contribution in [0.4, 0.5) is 0 Å². The van der Waals surface area contributed by atoms with Gasteiger partial charge in [-0.15, -0.1) is 0 Å². The van der Waals surface area contributed by atoms with Crippen LogP contribution in [-0.4, -0.2) is 35.6 Å². The predicted molar refractivity (Wildman–Crippen MR) is 95.0 cm³/mol.